The van der Waals surface area contributed by atoms with E-state index in [1.165, 1.54) is 47.7 Å². The quantitative estimate of drug-likeness (QED) is 0.440. The van der Waals surface area contributed by atoms with Crippen molar-refractivity contribution in [2.75, 3.05) is 12.4 Å². The summed E-state index contributed by atoms with van der Waals surface area (Å²) in [6, 6.07) is 3.89. The van der Waals surface area contributed by atoms with E-state index >= 15 is 0 Å². The minimum absolute atomic E-state index is 0.00193. The molecule has 0 saturated heterocycles. The number of nitrogens with two attached hydrogens (primary N) is 1. The molecule has 1 amide bonds. The maximum absolute atomic E-state index is 12.3. The van der Waals surface area contributed by atoms with Crippen molar-refractivity contribution in [3.05, 3.63) is 29.2 Å². The highest BCUT2D eigenvalue weighted by molar-refractivity contribution is 8.00. The zero-order valence-corrected chi connectivity index (χ0v) is 15.9. The van der Waals surface area contributed by atoms with Crippen molar-refractivity contribution in [2.24, 2.45) is 0 Å². The first-order chi connectivity index (χ1) is 12.1. The lowest BCUT2D eigenvalue weighted by atomic mass is 9.97. The monoisotopic (exact) mass is 377 g/mol. The summed E-state index contributed by atoms with van der Waals surface area (Å²) in [6.07, 6.45) is 8.16. The lowest BCUT2D eigenvalue weighted by Gasteiger charge is -2.14. The average molecular weight is 378 g/mol. The standard InChI is InChI=1S/C17H23N5OS2/c1-12(16(23)19-10-9-13-6-3-2-4-7-13)25-17-21-20-15(22(17)18)14-8-5-11-24-14/h5-6,8,11-12H,2-4,7,9-10,18H2,1H3,(H,19,23). The van der Waals surface area contributed by atoms with Gasteiger partial charge in [-0.1, -0.05) is 29.5 Å². The van der Waals surface area contributed by atoms with Crippen LogP contribution in [0.3, 0.4) is 0 Å². The van der Waals surface area contributed by atoms with Crippen LogP contribution in [0.25, 0.3) is 10.7 Å². The lowest BCUT2D eigenvalue weighted by Crippen LogP contribution is -2.32. The van der Waals surface area contributed by atoms with Crippen LogP contribution < -0.4 is 11.2 Å². The number of carbonyl (C=O) groups excluding carboxylic acids is 1. The lowest BCUT2D eigenvalue weighted by molar-refractivity contribution is -0.120. The molecule has 1 atom stereocenters. The van der Waals surface area contributed by atoms with Crippen LogP contribution in [0.4, 0.5) is 0 Å². The van der Waals surface area contributed by atoms with Crippen LogP contribution >= 0.6 is 23.1 Å². The SMILES string of the molecule is CC(Sc1nnc(-c2cccs2)n1N)C(=O)NCCC1=CCCCC1. The number of hydrogen-bond donors (Lipinski definition) is 2. The van der Waals surface area contributed by atoms with Gasteiger partial charge in [0, 0.05) is 6.54 Å². The van der Waals surface area contributed by atoms with E-state index in [0.717, 1.165) is 11.3 Å². The predicted octanol–water partition coefficient (Wildman–Crippen LogP) is 3.21. The molecular formula is C17H23N5OS2. The Balaban J connectivity index is 1.50. The fourth-order valence-electron chi connectivity index (χ4n) is 2.76. The number of aromatic nitrogens is 3. The Hall–Kier alpha value is -1.80. The van der Waals surface area contributed by atoms with Crippen molar-refractivity contribution in [2.45, 2.75) is 49.4 Å². The number of carbonyl (C=O) groups is 1. The van der Waals surface area contributed by atoms with E-state index in [1.54, 1.807) is 11.3 Å². The highest BCUT2D eigenvalue weighted by Crippen LogP contribution is 2.27. The molecule has 3 rings (SSSR count). The number of nitrogens with zero attached hydrogens (tertiary/aromatic N) is 3. The fourth-order valence-corrected chi connectivity index (χ4v) is 4.26. The molecule has 0 fully saturated rings. The van der Waals surface area contributed by atoms with Gasteiger partial charge in [-0.25, -0.2) is 4.68 Å². The summed E-state index contributed by atoms with van der Waals surface area (Å²) < 4.78 is 1.45. The predicted molar refractivity (Wildman–Crippen MR) is 103 cm³/mol. The number of nitrogen functional groups attached to an aromatic ring is 1. The molecule has 25 heavy (non-hydrogen) atoms. The Morgan fingerprint density at radius 2 is 2.36 bits per heavy atom. The second-order valence-electron chi connectivity index (χ2n) is 6.06. The minimum Gasteiger partial charge on any atom is -0.355 e. The molecule has 1 aliphatic carbocycles. The van der Waals surface area contributed by atoms with Crippen molar-refractivity contribution < 1.29 is 4.79 Å². The van der Waals surface area contributed by atoms with Gasteiger partial charge < -0.3 is 11.2 Å². The number of thioether (sulfide) groups is 1. The molecule has 0 spiro atoms. The van der Waals surface area contributed by atoms with E-state index in [2.05, 4.69) is 21.6 Å². The van der Waals surface area contributed by atoms with Gasteiger partial charge in [0.2, 0.25) is 11.1 Å². The molecule has 0 bridgehead atoms. The third kappa shape index (κ3) is 4.64. The van der Waals surface area contributed by atoms with Crippen LogP contribution in [0.5, 0.6) is 0 Å². The zero-order valence-electron chi connectivity index (χ0n) is 14.3. The summed E-state index contributed by atoms with van der Waals surface area (Å²) in [6.45, 7) is 2.55. The van der Waals surface area contributed by atoms with E-state index in [0.29, 0.717) is 17.5 Å². The van der Waals surface area contributed by atoms with Crippen molar-refractivity contribution >= 4 is 29.0 Å². The molecular weight excluding hydrogens is 354 g/mol. The maximum Gasteiger partial charge on any atom is 0.233 e. The third-order valence-electron chi connectivity index (χ3n) is 4.19. The molecule has 1 aliphatic rings. The summed E-state index contributed by atoms with van der Waals surface area (Å²) in [5, 5.41) is 13.5. The van der Waals surface area contributed by atoms with E-state index in [-0.39, 0.29) is 11.2 Å². The molecule has 134 valence electrons. The van der Waals surface area contributed by atoms with Crippen molar-refractivity contribution in [3.8, 4) is 10.7 Å². The highest BCUT2D eigenvalue weighted by atomic mass is 32.2. The van der Waals surface area contributed by atoms with Gasteiger partial charge in [0.1, 0.15) is 0 Å². The van der Waals surface area contributed by atoms with Crippen LogP contribution in [-0.2, 0) is 4.79 Å². The normalized spacial score (nSPS) is 15.6. The van der Waals surface area contributed by atoms with E-state index in [4.69, 9.17) is 5.84 Å². The summed E-state index contributed by atoms with van der Waals surface area (Å²) >= 11 is 2.88. The average Bonchev–Trinajstić information content (AvgIpc) is 3.26. The zero-order chi connectivity index (χ0) is 17.6. The number of thiophene rings is 1. The second kappa shape index (κ2) is 8.53. The minimum atomic E-state index is -0.275. The van der Waals surface area contributed by atoms with Crippen LogP contribution in [-0.4, -0.2) is 32.6 Å². The van der Waals surface area contributed by atoms with Crippen molar-refractivity contribution in [3.63, 3.8) is 0 Å². The van der Waals surface area contributed by atoms with Gasteiger partial charge in [-0.05, 0) is 50.5 Å². The third-order valence-corrected chi connectivity index (χ3v) is 6.11. The Morgan fingerprint density at radius 3 is 3.08 bits per heavy atom. The maximum atomic E-state index is 12.3. The molecule has 1 unspecified atom stereocenters. The first kappa shape index (κ1) is 18.0. The van der Waals surface area contributed by atoms with Crippen LogP contribution in [0.1, 0.15) is 39.0 Å². The largest absolute Gasteiger partial charge is 0.355 e. The number of amides is 1. The molecule has 2 aromatic heterocycles. The molecule has 8 heteroatoms. The number of rotatable bonds is 7. The molecule has 0 saturated carbocycles. The first-order valence-electron chi connectivity index (χ1n) is 8.52. The summed E-state index contributed by atoms with van der Waals surface area (Å²) in [7, 11) is 0. The van der Waals surface area contributed by atoms with Crippen LogP contribution in [0.2, 0.25) is 0 Å². The van der Waals surface area contributed by atoms with Gasteiger partial charge in [-0.2, -0.15) is 0 Å². The Bertz CT molecular complexity index is 738. The van der Waals surface area contributed by atoms with E-state index in [1.807, 2.05) is 24.4 Å². The van der Waals surface area contributed by atoms with Gasteiger partial charge in [-0.3, -0.25) is 4.79 Å². The van der Waals surface area contributed by atoms with E-state index < -0.39 is 0 Å². The van der Waals surface area contributed by atoms with Gasteiger partial charge in [0.05, 0.1) is 10.1 Å². The molecule has 6 nitrogen and oxygen atoms in total. The molecule has 2 heterocycles. The fraction of sp³-hybridized carbons (Fsp3) is 0.471. The summed E-state index contributed by atoms with van der Waals surface area (Å²) in [5.41, 5.74) is 1.47. The summed E-state index contributed by atoms with van der Waals surface area (Å²) in [4.78, 5) is 13.2. The van der Waals surface area contributed by atoms with Crippen molar-refractivity contribution in [1.29, 1.82) is 0 Å². The molecule has 3 N–H and O–H groups in total. The number of hydrogen-bond acceptors (Lipinski definition) is 6. The smallest absolute Gasteiger partial charge is 0.233 e. The van der Waals surface area contributed by atoms with Gasteiger partial charge in [-0.15, -0.1) is 21.5 Å². The Labute approximate surface area is 155 Å². The van der Waals surface area contributed by atoms with Gasteiger partial charge >= 0.3 is 0 Å². The number of allylic oxidation sites excluding steroid dienone is 1. The molecule has 0 aliphatic heterocycles. The molecule has 0 radical (unpaired) electrons. The molecule has 2 aromatic rings. The van der Waals surface area contributed by atoms with Crippen LogP contribution in [0.15, 0.2) is 34.3 Å². The Morgan fingerprint density at radius 1 is 1.48 bits per heavy atom. The van der Waals surface area contributed by atoms with Gasteiger partial charge in [0.25, 0.3) is 0 Å². The van der Waals surface area contributed by atoms with Crippen LogP contribution in [0, 0.1) is 0 Å². The second-order valence-corrected chi connectivity index (χ2v) is 8.32. The Kier molecular flexibility index (Phi) is 6.14. The first-order valence-corrected chi connectivity index (χ1v) is 10.3. The number of nitrogens with one attached hydrogen (secondary N) is 1. The van der Waals surface area contributed by atoms with Crippen molar-refractivity contribution in [1.82, 2.24) is 20.2 Å². The highest BCUT2D eigenvalue weighted by Gasteiger charge is 2.20. The summed E-state index contributed by atoms with van der Waals surface area (Å²) in [5.74, 6) is 6.70. The molecule has 0 aromatic carbocycles. The van der Waals surface area contributed by atoms with Gasteiger partial charge in [0.15, 0.2) is 5.82 Å². The topological polar surface area (TPSA) is 85.8 Å². The van der Waals surface area contributed by atoms with E-state index in [9.17, 15) is 4.79 Å².